The standard InChI is InChI=1S/C8H16N4OS/c1-6(13)5-9-3-4-10-8-11-7(2)12-14-8/h6,9,13H,3-5H2,1-2H3,(H,10,11,12). The third kappa shape index (κ3) is 4.50. The van der Waals surface area contributed by atoms with Crippen LogP contribution in [0.2, 0.25) is 0 Å². The van der Waals surface area contributed by atoms with Crippen molar-refractivity contribution in [1.29, 1.82) is 0 Å². The fraction of sp³-hybridized carbons (Fsp3) is 0.750. The second-order valence-corrected chi connectivity index (χ2v) is 3.88. The van der Waals surface area contributed by atoms with Gasteiger partial charge in [0, 0.05) is 31.2 Å². The van der Waals surface area contributed by atoms with Crippen LogP contribution < -0.4 is 10.6 Å². The number of nitrogens with one attached hydrogen (secondary N) is 2. The van der Waals surface area contributed by atoms with E-state index in [-0.39, 0.29) is 6.10 Å². The van der Waals surface area contributed by atoms with Crippen LogP contribution in [0, 0.1) is 6.92 Å². The summed E-state index contributed by atoms with van der Waals surface area (Å²) in [4.78, 5) is 4.16. The van der Waals surface area contributed by atoms with Crippen LogP contribution in [0.15, 0.2) is 0 Å². The van der Waals surface area contributed by atoms with E-state index >= 15 is 0 Å². The zero-order valence-corrected chi connectivity index (χ0v) is 9.27. The number of aromatic nitrogens is 2. The lowest BCUT2D eigenvalue weighted by molar-refractivity contribution is 0.192. The molecule has 0 spiro atoms. The summed E-state index contributed by atoms with van der Waals surface area (Å²) in [5, 5.41) is 16.1. The van der Waals surface area contributed by atoms with Gasteiger partial charge < -0.3 is 15.7 Å². The molecule has 0 radical (unpaired) electrons. The molecule has 0 aliphatic heterocycles. The molecule has 1 rings (SSSR count). The van der Waals surface area contributed by atoms with Crippen LogP contribution in [-0.2, 0) is 0 Å². The molecule has 6 heteroatoms. The Morgan fingerprint density at radius 1 is 1.50 bits per heavy atom. The Balaban J connectivity index is 2.04. The van der Waals surface area contributed by atoms with E-state index in [4.69, 9.17) is 5.11 Å². The topological polar surface area (TPSA) is 70.1 Å². The van der Waals surface area contributed by atoms with E-state index in [1.165, 1.54) is 11.5 Å². The maximum Gasteiger partial charge on any atom is 0.202 e. The van der Waals surface area contributed by atoms with Crippen LogP contribution >= 0.6 is 11.5 Å². The third-order valence-electron chi connectivity index (χ3n) is 1.55. The highest BCUT2D eigenvalue weighted by Gasteiger charge is 1.98. The van der Waals surface area contributed by atoms with E-state index in [9.17, 15) is 0 Å². The predicted molar refractivity (Wildman–Crippen MR) is 57.7 cm³/mol. The van der Waals surface area contributed by atoms with Gasteiger partial charge in [0.15, 0.2) is 0 Å². The van der Waals surface area contributed by atoms with Crippen LogP contribution in [0.25, 0.3) is 0 Å². The van der Waals surface area contributed by atoms with Crippen molar-refractivity contribution < 1.29 is 5.11 Å². The molecule has 0 fully saturated rings. The van der Waals surface area contributed by atoms with Crippen molar-refractivity contribution in [1.82, 2.24) is 14.7 Å². The molecule has 0 bridgehead atoms. The number of aryl methyl sites for hydroxylation is 1. The van der Waals surface area contributed by atoms with E-state index in [2.05, 4.69) is 20.0 Å². The number of hydrogen-bond acceptors (Lipinski definition) is 6. The highest BCUT2D eigenvalue weighted by atomic mass is 32.1. The van der Waals surface area contributed by atoms with Gasteiger partial charge in [-0.15, -0.1) is 0 Å². The van der Waals surface area contributed by atoms with Crippen LogP contribution in [0.4, 0.5) is 5.13 Å². The van der Waals surface area contributed by atoms with E-state index in [0.29, 0.717) is 6.54 Å². The van der Waals surface area contributed by atoms with Crippen molar-refractivity contribution in [2.45, 2.75) is 20.0 Å². The largest absolute Gasteiger partial charge is 0.392 e. The van der Waals surface area contributed by atoms with Gasteiger partial charge in [-0.3, -0.25) is 0 Å². The van der Waals surface area contributed by atoms with Gasteiger partial charge in [-0.1, -0.05) is 0 Å². The zero-order chi connectivity index (χ0) is 10.4. The van der Waals surface area contributed by atoms with Gasteiger partial charge in [0.2, 0.25) is 5.13 Å². The maximum atomic E-state index is 8.97. The summed E-state index contributed by atoms with van der Waals surface area (Å²) in [6.07, 6.45) is -0.293. The van der Waals surface area contributed by atoms with Gasteiger partial charge in [0.1, 0.15) is 5.82 Å². The molecule has 0 aliphatic carbocycles. The number of aliphatic hydroxyl groups is 1. The molecular formula is C8H16N4OS. The Labute approximate surface area is 87.7 Å². The lowest BCUT2D eigenvalue weighted by Crippen LogP contribution is -2.28. The van der Waals surface area contributed by atoms with Crippen molar-refractivity contribution in [3.8, 4) is 0 Å². The molecule has 1 unspecified atom stereocenters. The summed E-state index contributed by atoms with van der Waals surface area (Å²) in [5.74, 6) is 0.800. The minimum Gasteiger partial charge on any atom is -0.392 e. The number of nitrogens with zero attached hydrogens (tertiary/aromatic N) is 2. The molecule has 1 heterocycles. The monoisotopic (exact) mass is 216 g/mol. The molecule has 1 aromatic rings. The zero-order valence-electron chi connectivity index (χ0n) is 8.45. The maximum absolute atomic E-state index is 8.97. The minimum absolute atomic E-state index is 0.293. The number of anilines is 1. The molecule has 0 aliphatic rings. The van der Waals surface area contributed by atoms with Crippen molar-refractivity contribution in [3.63, 3.8) is 0 Å². The van der Waals surface area contributed by atoms with Crippen LogP contribution in [0.3, 0.4) is 0 Å². The molecule has 3 N–H and O–H groups in total. The molecule has 1 aromatic heterocycles. The van der Waals surface area contributed by atoms with Gasteiger partial charge in [-0.05, 0) is 13.8 Å². The van der Waals surface area contributed by atoms with Crippen LogP contribution in [0.1, 0.15) is 12.7 Å². The quantitative estimate of drug-likeness (QED) is 0.594. The Hall–Kier alpha value is -0.720. The third-order valence-corrected chi connectivity index (χ3v) is 2.31. The highest BCUT2D eigenvalue weighted by molar-refractivity contribution is 7.09. The lowest BCUT2D eigenvalue weighted by atomic mass is 10.4. The SMILES string of the molecule is Cc1nsc(NCCNCC(C)O)n1. The molecule has 5 nitrogen and oxygen atoms in total. The van der Waals surface area contributed by atoms with Crippen LogP contribution in [-0.4, -0.2) is 40.2 Å². The first kappa shape index (κ1) is 11.4. The number of hydrogen-bond donors (Lipinski definition) is 3. The van der Waals surface area contributed by atoms with Gasteiger partial charge in [0.25, 0.3) is 0 Å². The first-order valence-corrected chi connectivity index (χ1v) is 5.39. The van der Waals surface area contributed by atoms with E-state index in [1.54, 1.807) is 6.92 Å². The second kappa shape index (κ2) is 5.90. The summed E-state index contributed by atoms with van der Waals surface area (Å²) in [5.41, 5.74) is 0. The van der Waals surface area contributed by atoms with E-state index in [1.807, 2.05) is 6.92 Å². The van der Waals surface area contributed by atoms with Crippen molar-refractivity contribution in [2.75, 3.05) is 25.0 Å². The fourth-order valence-electron chi connectivity index (χ4n) is 0.938. The minimum atomic E-state index is -0.293. The van der Waals surface area contributed by atoms with Gasteiger partial charge >= 0.3 is 0 Å². The average Bonchev–Trinajstić information content (AvgIpc) is 2.50. The molecule has 0 amide bonds. The Bertz CT molecular complexity index is 264. The molecule has 0 saturated heterocycles. The normalized spacial score (nSPS) is 12.8. The Morgan fingerprint density at radius 2 is 2.29 bits per heavy atom. The fourth-order valence-corrected chi connectivity index (χ4v) is 1.54. The first-order chi connectivity index (χ1) is 6.68. The van der Waals surface area contributed by atoms with E-state index < -0.39 is 0 Å². The molecule has 0 saturated carbocycles. The molecular weight excluding hydrogens is 200 g/mol. The summed E-state index contributed by atoms with van der Waals surface area (Å²) < 4.78 is 4.05. The van der Waals surface area contributed by atoms with Crippen molar-refractivity contribution >= 4 is 16.7 Å². The number of aliphatic hydroxyl groups excluding tert-OH is 1. The van der Waals surface area contributed by atoms with Gasteiger partial charge in [-0.25, -0.2) is 4.98 Å². The highest BCUT2D eigenvalue weighted by Crippen LogP contribution is 2.08. The summed E-state index contributed by atoms with van der Waals surface area (Å²) in [6.45, 7) is 5.85. The second-order valence-electron chi connectivity index (χ2n) is 3.13. The van der Waals surface area contributed by atoms with Gasteiger partial charge in [0.05, 0.1) is 6.10 Å². The molecule has 1 atom stereocenters. The predicted octanol–water partition coefficient (Wildman–Crippen LogP) is 0.229. The summed E-state index contributed by atoms with van der Waals surface area (Å²) >= 11 is 1.36. The number of rotatable bonds is 6. The Morgan fingerprint density at radius 3 is 2.86 bits per heavy atom. The first-order valence-electron chi connectivity index (χ1n) is 4.61. The summed E-state index contributed by atoms with van der Waals surface area (Å²) in [7, 11) is 0. The van der Waals surface area contributed by atoms with Crippen molar-refractivity contribution in [2.24, 2.45) is 0 Å². The summed E-state index contributed by atoms with van der Waals surface area (Å²) in [6, 6.07) is 0. The molecule has 0 aromatic carbocycles. The van der Waals surface area contributed by atoms with E-state index in [0.717, 1.165) is 24.0 Å². The Kier molecular flexibility index (Phi) is 4.78. The van der Waals surface area contributed by atoms with Crippen molar-refractivity contribution in [3.05, 3.63) is 5.82 Å². The smallest absolute Gasteiger partial charge is 0.202 e. The van der Waals surface area contributed by atoms with Crippen LogP contribution in [0.5, 0.6) is 0 Å². The van der Waals surface area contributed by atoms with Gasteiger partial charge in [-0.2, -0.15) is 4.37 Å². The molecule has 80 valence electrons. The molecule has 14 heavy (non-hydrogen) atoms. The lowest BCUT2D eigenvalue weighted by Gasteiger charge is -2.06. The average molecular weight is 216 g/mol.